The molecule has 1 fully saturated rings. The van der Waals surface area contributed by atoms with Gasteiger partial charge in [-0.25, -0.2) is 4.98 Å². The third-order valence-electron chi connectivity index (χ3n) is 5.32. The number of hydrogen-bond donors (Lipinski definition) is 1. The summed E-state index contributed by atoms with van der Waals surface area (Å²) in [4.78, 5) is 19.7. The molecule has 1 aromatic heterocycles. The van der Waals surface area contributed by atoms with E-state index in [1.807, 2.05) is 44.4 Å². The van der Waals surface area contributed by atoms with E-state index in [4.69, 9.17) is 16.3 Å². The number of benzene rings is 1. The minimum absolute atomic E-state index is 0.0256. The number of nitrogens with zero attached hydrogens (tertiary/aromatic N) is 2. The second-order valence-electron chi connectivity index (χ2n) is 7.64. The van der Waals surface area contributed by atoms with Crippen molar-refractivity contribution in [1.82, 2.24) is 9.88 Å². The quantitative estimate of drug-likeness (QED) is 0.741. The van der Waals surface area contributed by atoms with Crippen molar-refractivity contribution in [3.05, 3.63) is 53.2 Å². The van der Waals surface area contributed by atoms with Crippen molar-refractivity contribution in [3.8, 4) is 5.88 Å². The van der Waals surface area contributed by atoms with Crippen LogP contribution in [0.15, 0.2) is 42.6 Å². The number of likely N-dealkylation sites (N-methyl/N-ethyl adjacent to an activating group) is 1. The second-order valence-corrected chi connectivity index (χ2v) is 8.08. The zero-order valence-electron chi connectivity index (χ0n) is 16.6. The maximum Gasteiger partial charge on any atom is 0.235 e. The molecular weight excluding hydrogens is 374 g/mol. The van der Waals surface area contributed by atoms with Crippen LogP contribution >= 0.6 is 11.6 Å². The first-order chi connectivity index (χ1) is 13.5. The highest BCUT2D eigenvalue weighted by atomic mass is 35.5. The number of carbonyl (C=O) groups excluding carboxylic acids is 1. The average Bonchev–Trinajstić information content (AvgIpc) is 2.70. The Morgan fingerprint density at radius 3 is 2.46 bits per heavy atom. The van der Waals surface area contributed by atoms with E-state index in [1.165, 1.54) is 6.42 Å². The number of hydrogen-bond acceptors (Lipinski definition) is 4. The first kappa shape index (κ1) is 20.6. The Bertz CT molecular complexity index is 769. The molecule has 1 saturated carbocycles. The standard InChI is InChI=1S/C22H28ClN3O2/c1-26(2)14-15-28-20-11-10-19(16-24-20)25-21(27)22(12-4-3-5-13-22)17-6-8-18(23)9-7-17/h6-11,16H,3-5,12-15H2,1-2H3,(H,25,27). The summed E-state index contributed by atoms with van der Waals surface area (Å²) in [6, 6.07) is 11.3. The van der Waals surface area contributed by atoms with Crippen LogP contribution in [0.5, 0.6) is 5.88 Å². The topological polar surface area (TPSA) is 54.5 Å². The van der Waals surface area contributed by atoms with Crippen molar-refractivity contribution in [2.24, 2.45) is 0 Å². The molecule has 0 unspecified atom stereocenters. The van der Waals surface area contributed by atoms with Gasteiger partial charge in [-0.2, -0.15) is 0 Å². The van der Waals surface area contributed by atoms with Gasteiger partial charge in [0.2, 0.25) is 11.8 Å². The predicted molar refractivity (Wildman–Crippen MR) is 113 cm³/mol. The summed E-state index contributed by atoms with van der Waals surface area (Å²) >= 11 is 6.05. The van der Waals surface area contributed by atoms with Crippen LogP contribution in [0.3, 0.4) is 0 Å². The zero-order valence-corrected chi connectivity index (χ0v) is 17.3. The van der Waals surface area contributed by atoms with Crippen LogP contribution in [-0.4, -0.2) is 43.0 Å². The van der Waals surface area contributed by atoms with E-state index in [0.717, 1.165) is 37.8 Å². The Balaban J connectivity index is 1.71. The number of pyridine rings is 1. The van der Waals surface area contributed by atoms with Gasteiger partial charge in [-0.1, -0.05) is 43.0 Å². The van der Waals surface area contributed by atoms with Gasteiger partial charge in [0.25, 0.3) is 0 Å². The fourth-order valence-electron chi connectivity index (χ4n) is 3.69. The van der Waals surface area contributed by atoms with Crippen LogP contribution in [0.2, 0.25) is 5.02 Å². The van der Waals surface area contributed by atoms with Crippen molar-refractivity contribution in [2.45, 2.75) is 37.5 Å². The lowest BCUT2D eigenvalue weighted by atomic mass is 9.68. The Labute approximate surface area is 172 Å². The fourth-order valence-corrected chi connectivity index (χ4v) is 3.82. The van der Waals surface area contributed by atoms with Gasteiger partial charge in [0, 0.05) is 17.6 Å². The van der Waals surface area contributed by atoms with Gasteiger partial charge in [-0.15, -0.1) is 0 Å². The van der Waals surface area contributed by atoms with Crippen LogP contribution in [0, 0.1) is 0 Å². The summed E-state index contributed by atoms with van der Waals surface area (Å²) in [7, 11) is 3.99. The molecule has 0 aliphatic heterocycles. The van der Waals surface area contributed by atoms with E-state index >= 15 is 0 Å². The number of aromatic nitrogens is 1. The molecule has 2 aromatic rings. The number of amides is 1. The maximum absolute atomic E-state index is 13.3. The number of anilines is 1. The molecule has 5 nitrogen and oxygen atoms in total. The highest BCUT2D eigenvalue weighted by Gasteiger charge is 2.41. The van der Waals surface area contributed by atoms with E-state index in [2.05, 4.69) is 15.2 Å². The minimum atomic E-state index is -0.510. The molecular formula is C22H28ClN3O2. The summed E-state index contributed by atoms with van der Waals surface area (Å²) in [6.07, 6.45) is 6.61. The summed E-state index contributed by atoms with van der Waals surface area (Å²) in [5.41, 5.74) is 1.21. The van der Waals surface area contributed by atoms with Crippen LogP contribution < -0.4 is 10.1 Å². The largest absolute Gasteiger partial charge is 0.476 e. The Hall–Kier alpha value is -2.11. The maximum atomic E-state index is 13.3. The Morgan fingerprint density at radius 2 is 1.86 bits per heavy atom. The number of nitrogens with one attached hydrogen (secondary N) is 1. The van der Waals surface area contributed by atoms with Crippen LogP contribution in [0.1, 0.15) is 37.7 Å². The van der Waals surface area contributed by atoms with Gasteiger partial charge in [0.15, 0.2) is 0 Å². The van der Waals surface area contributed by atoms with Crippen molar-refractivity contribution in [3.63, 3.8) is 0 Å². The van der Waals surface area contributed by atoms with E-state index in [0.29, 0.717) is 23.2 Å². The smallest absolute Gasteiger partial charge is 0.235 e. The molecule has 1 aromatic carbocycles. The molecule has 0 spiro atoms. The summed E-state index contributed by atoms with van der Waals surface area (Å²) in [5.74, 6) is 0.586. The third-order valence-corrected chi connectivity index (χ3v) is 5.57. The summed E-state index contributed by atoms with van der Waals surface area (Å²) in [5, 5.41) is 3.75. The van der Waals surface area contributed by atoms with E-state index in [-0.39, 0.29) is 5.91 Å². The molecule has 1 N–H and O–H groups in total. The third kappa shape index (κ3) is 5.03. The van der Waals surface area contributed by atoms with Crippen LogP contribution in [-0.2, 0) is 10.2 Å². The molecule has 1 aliphatic carbocycles. The lowest BCUT2D eigenvalue weighted by molar-refractivity contribution is -0.122. The summed E-state index contributed by atoms with van der Waals surface area (Å²) < 4.78 is 5.62. The van der Waals surface area contributed by atoms with E-state index < -0.39 is 5.41 Å². The normalized spacial score (nSPS) is 16.0. The molecule has 0 atom stereocenters. The molecule has 6 heteroatoms. The monoisotopic (exact) mass is 401 g/mol. The lowest BCUT2D eigenvalue weighted by Crippen LogP contribution is -2.42. The molecule has 0 bridgehead atoms. The highest BCUT2D eigenvalue weighted by molar-refractivity contribution is 6.30. The lowest BCUT2D eigenvalue weighted by Gasteiger charge is -2.36. The SMILES string of the molecule is CN(C)CCOc1ccc(NC(=O)C2(c3ccc(Cl)cc3)CCCCC2)cn1. The van der Waals surface area contributed by atoms with Gasteiger partial charge in [-0.3, -0.25) is 4.79 Å². The molecule has 150 valence electrons. The molecule has 0 radical (unpaired) electrons. The van der Waals surface area contributed by atoms with Crippen LogP contribution in [0.25, 0.3) is 0 Å². The number of halogens is 1. The molecule has 1 heterocycles. The molecule has 1 amide bonds. The molecule has 3 rings (SSSR count). The van der Waals surface area contributed by atoms with Gasteiger partial charge < -0.3 is 15.0 Å². The van der Waals surface area contributed by atoms with Crippen molar-refractivity contribution >= 4 is 23.2 Å². The number of carbonyl (C=O) groups is 1. The van der Waals surface area contributed by atoms with Crippen LogP contribution in [0.4, 0.5) is 5.69 Å². The zero-order chi connectivity index (χ0) is 20.0. The second kappa shape index (κ2) is 9.39. The van der Waals surface area contributed by atoms with E-state index in [9.17, 15) is 4.79 Å². The predicted octanol–water partition coefficient (Wildman–Crippen LogP) is 4.52. The minimum Gasteiger partial charge on any atom is -0.476 e. The number of rotatable bonds is 7. The van der Waals surface area contributed by atoms with Crippen molar-refractivity contribution < 1.29 is 9.53 Å². The van der Waals surface area contributed by atoms with Gasteiger partial charge >= 0.3 is 0 Å². The first-order valence-electron chi connectivity index (χ1n) is 9.81. The van der Waals surface area contributed by atoms with Gasteiger partial charge in [0.05, 0.1) is 17.3 Å². The molecule has 1 aliphatic rings. The van der Waals surface area contributed by atoms with Crippen molar-refractivity contribution in [2.75, 3.05) is 32.6 Å². The van der Waals surface area contributed by atoms with Gasteiger partial charge in [0.1, 0.15) is 6.61 Å². The highest BCUT2D eigenvalue weighted by Crippen LogP contribution is 2.40. The summed E-state index contributed by atoms with van der Waals surface area (Å²) in [6.45, 7) is 1.40. The molecule has 28 heavy (non-hydrogen) atoms. The van der Waals surface area contributed by atoms with Crippen molar-refractivity contribution in [1.29, 1.82) is 0 Å². The van der Waals surface area contributed by atoms with Gasteiger partial charge in [-0.05, 0) is 50.7 Å². The first-order valence-corrected chi connectivity index (χ1v) is 10.2. The molecule has 0 saturated heterocycles. The fraction of sp³-hybridized carbons (Fsp3) is 0.455. The average molecular weight is 402 g/mol. The number of ether oxygens (including phenoxy) is 1. The van der Waals surface area contributed by atoms with E-state index in [1.54, 1.807) is 12.3 Å². The Morgan fingerprint density at radius 1 is 1.14 bits per heavy atom. The Kier molecular flexibility index (Phi) is 6.92.